The Morgan fingerprint density at radius 1 is 0.805 bits per heavy atom. The molecule has 0 aromatic heterocycles. The number of aliphatic carboxylic acids is 1. The molecular formula is C57H97N3O17. The number of ether oxygens (including phenoxy) is 3. The number of aliphatic hydroxyl groups excluding tert-OH is 9. The van der Waals surface area contributed by atoms with Crippen LogP contribution in [0.15, 0.2) is 65.2 Å². The number of rotatable bonds is 12. The molecule has 0 amide bonds. The Labute approximate surface area is 456 Å². The monoisotopic (exact) mass is 1100 g/mol. The van der Waals surface area contributed by atoms with Crippen LogP contribution in [0, 0.1) is 35.5 Å². The van der Waals surface area contributed by atoms with Crippen molar-refractivity contribution in [2.75, 3.05) is 20.6 Å². The summed E-state index contributed by atoms with van der Waals surface area (Å²) in [7, 11) is 3.52. The highest BCUT2D eigenvalue weighted by Gasteiger charge is 2.50. The number of carbonyl (C=O) groups is 3. The molecule has 2 aliphatic rings. The second-order valence-electron chi connectivity index (χ2n) is 21.8. The number of carboxylic acid groups (broad SMARTS) is 1. The quantitative estimate of drug-likeness (QED) is 0.0332. The average molecular weight is 1100 g/mol. The molecule has 1 saturated heterocycles. The van der Waals surface area contributed by atoms with Gasteiger partial charge in [0.25, 0.3) is 0 Å². The fourth-order valence-corrected chi connectivity index (χ4v) is 9.77. The molecule has 0 saturated carbocycles. The summed E-state index contributed by atoms with van der Waals surface area (Å²) in [5.41, 5.74) is 0.458. The number of cyclic esters (lactones) is 1. The van der Waals surface area contributed by atoms with E-state index in [4.69, 9.17) is 14.2 Å². The van der Waals surface area contributed by atoms with Gasteiger partial charge in [0.2, 0.25) is 0 Å². The maximum absolute atomic E-state index is 13.3. The zero-order valence-corrected chi connectivity index (χ0v) is 47.0. The van der Waals surface area contributed by atoms with E-state index in [0.29, 0.717) is 5.57 Å². The van der Waals surface area contributed by atoms with Gasteiger partial charge in [-0.15, -0.1) is 0 Å². The molecule has 2 heterocycles. The SMILES string of the molecule is CN=C(NC)NCCC/C=C/CCCC(C)C1OC(=O)C=CC=CC(C)C(O)CC(O)C(C)C(O)CCC(C)C(O)CC2(O)OC(CC(O)CC(OC(=O)CC(=O)O)CC(O)C(C)C(O)C(C)=CC=CC1C)CC(O)C2O. The predicted octanol–water partition coefficient (Wildman–Crippen LogP) is 3.49. The van der Waals surface area contributed by atoms with Crippen LogP contribution in [0.2, 0.25) is 0 Å². The van der Waals surface area contributed by atoms with Gasteiger partial charge < -0.3 is 81.0 Å². The Hall–Kier alpha value is -4.06. The van der Waals surface area contributed by atoms with Crippen LogP contribution in [-0.2, 0) is 28.6 Å². The van der Waals surface area contributed by atoms with Gasteiger partial charge in [-0.05, 0) is 75.7 Å². The molecule has 0 radical (unpaired) electrons. The normalized spacial score (nSPS) is 36.2. The smallest absolute Gasteiger partial charge is 0.331 e. The Bertz CT molecular complexity index is 1930. The van der Waals surface area contributed by atoms with Crippen molar-refractivity contribution in [3.8, 4) is 0 Å². The molecule has 2 rings (SSSR count). The minimum Gasteiger partial charge on any atom is -0.481 e. The third-order valence-electron chi connectivity index (χ3n) is 15.2. The predicted molar refractivity (Wildman–Crippen MR) is 292 cm³/mol. The molecule has 19 atom stereocenters. The Morgan fingerprint density at radius 3 is 2.10 bits per heavy atom. The number of carboxylic acids is 1. The van der Waals surface area contributed by atoms with Gasteiger partial charge in [-0.3, -0.25) is 14.6 Å². The number of aliphatic imine (C=N–C) groups is 1. The molecule has 20 nitrogen and oxygen atoms in total. The molecule has 20 heteroatoms. The fraction of sp³-hybridized carbons (Fsp3) is 0.754. The van der Waals surface area contributed by atoms with Gasteiger partial charge in [-0.25, -0.2) is 4.79 Å². The van der Waals surface area contributed by atoms with E-state index in [1.807, 2.05) is 27.0 Å². The Balaban J connectivity index is 2.44. The molecule has 2 aliphatic heterocycles. The van der Waals surface area contributed by atoms with Crippen LogP contribution in [0.1, 0.15) is 138 Å². The van der Waals surface area contributed by atoms with E-state index in [2.05, 4.69) is 27.8 Å². The van der Waals surface area contributed by atoms with Crippen LogP contribution in [0.4, 0.5) is 0 Å². The van der Waals surface area contributed by atoms with E-state index in [1.165, 1.54) is 12.2 Å². The van der Waals surface area contributed by atoms with E-state index in [9.17, 15) is 70.6 Å². The Morgan fingerprint density at radius 2 is 1.45 bits per heavy atom. The van der Waals surface area contributed by atoms with Gasteiger partial charge >= 0.3 is 17.9 Å². The lowest BCUT2D eigenvalue weighted by atomic mass is 9.83. The van der Waals surface area contributed by atoms with Crippen molar-refractivity contribution >= 4 is 23.9 Å². The van der Waals surface area contributed by atoms with Crippen molar-refractivity contribution in [3.63, 3.8) is 0 Å². The van der Waals surface area contributed by atoms with Crippen LogP contribution in [0.25, 0.3) is 0 Å². The first kappa shape index (κ1) is 69.0. The number of guanidine groups is 1. The zero-order chi connectivity index (χ0) is 58.0. The van der Waals surface area contributed by atoms with Crippen molar-refractivity contribution < 1.29 is 84.8 Å². The second kappa shape index (κ2) is 35.5. The first-order valence-corrected chi connectivity index (χ1v) is 27.6. The maximum atomic E-state index is 13.3. The van der Waals surface area contributed by atoms with Crippen molar-refractivity contribution in [2.24, 2.45) is 40.5 Å². The summed E-state index contributed by atoms with van der Waals surface area (Å²) < 4.78 is 17.4. The number of hydrogen-bond donors (Lipinski definition) is 13. The summed E-state index contributed by atoms with van der Waals surface area (Å²) in [6.07, 6.45) is 2.60. The second-order valence-corrected chi connectivity index (χ2v) is 21.8. The van der Waals surface area contributed by atoms with E-state index < -0.39 is 133 Å². The summed E-state index contributed by atoms with van der Waals surface area (Å²) in [6.45, 7) is 13.0. The first-order valence-electron chi connectivity index (χ1n) is 27.6. The fourth-order valence-electron chi connectivity index (χ4n) is 9.77. The number of nitrogens with one attached hydrogen (secondary N) is 2. The molecule has 442 valence electrons. The van der Waals surface area contributed by atoms with Crippen molar-refractivity contribution in [1.82, 2.24) is 10.6 Å². The number of hydrogen-bond acceptors (Lipinski definition) is 17. The van der Waals surface area contributed by atoms with Crippen molar-refractivity contribution in [3.05, 3.63) is 60.3 Å². The number of esters is 2. The third-order valence-corrected chi connectivity index (χ3v) is 15.2. The van der Waals surface area contributed by atoms with E-state index in [-0.39, 0.29) is 56.8 Å². The van der Waals surface area contributed by atoms with Gasteiger partial charge in [0.05, 0.1) is 54.9 Å². The van der Waals surface area contributed by atoms with E-state index in [0.717, 1.165) is 44.6 Å². The number of aliphatic hydroxyl groups is 10. The summed E-state index contributed by atoms with van der Waals surface area (Å²) in [6, 6.07) is 0. The van der Waals surface area contributed by atoms with Gasteiger partial charge in [0, 0.05) is 82.5 Å². The van der Waals surface area contributed by atoms with Gasteiger partial charge in [0.15, 0.2) is 11.7 Å². The van der Waals surface area contributed by atoms with Crippen LogP contribution in [-0.4, -0.2) is 180 Å². The lowest BCUT2D eigenvalue weighted by Crippen LogP contribution is -2.59. The summed E-state index contributed by atoms with van der Waals surface area (Å²) in [5, 5.41) is 127. The maximum Gasteiger partial charge on any atom is 0.331 e. The summed E-state index contributed by atoms with van der Waals surface area (Å²) in [5.74, 6) is -7.90. The Kier molecular flexibility index (Phi) is 31.9. The molecular weight excluding hydrogens is 999 g/mol. The molecule has 0 aromatic carbocycles. The molecule has 0 spiro atoms. The van der Waals surface area contributed by atoms with Crippen LogP contribution < -0.4 is 10.6 Å². The van der Waals surface area contributed by atoms with Crippen LogP contribution in [0.3, 0.4) is 0 Å². The molecule has 1 fully saturated rings. The molecule has 0 aromatic rings. The number of carbonyl (C=O) groups excluding carboxylic acids is 2. The van der Waals surface area contributed by atoms with E-state index >= 15 is 0 Å². The average Bonchev–Trinajstić information content (AvgIpc) is 3.36. The van der Waals surface area contributed by atoms with E-state index in [1.54, 1.807) is 66.0 Å². The zero-order valence-electron chi connectivity index (χ0n) is 47.0. The first-order chi connectivity index (χ1) is 36.2. The number of allylic oxidation sites excluding steroid dienone is 6. The van der Waals surface area contributed by atoms with Gasteiger partial charge in [-0.1, -0.05) is 90.2 Å². The number of nitrogens with zero attached hydrogens (tertiary/aromatic N) is 1. The van der Waals surface area contributed by atoms with Crippen LogP contribution in [0.5, 0.6) is 0 Å². The van der Waals surface area contributed by atoms with Crippen molar-refractivity contribution in [1.29, 1.82) is 0 Å². The molecule has 2 bridgehead atoms. The topological polar surface area (TPSA) is 338 Å². The molecule has 77 heavy (non-hydrogen) atoms. The third kappa shape index (κ3) is 25.3. The lowest BCUT2D eigenvalue weighted by Gasteiger charge is -2.45. The largest absolute Gasteiger partial charge is 0.481 e. The standard InChI is InChI=1S/C57H97N3O17/c1-34-19-15-16-23-51(70)76-54(37(4)20-14-12-10-11-13-17-26-60-56(58-8)59-9)38(5)22-18-21-36(3)53(72)40(7)46(64)29-42(75-52(71)32-50(68)69)27-41(61)28-43-30-48(66)55(73)57(74,77-43)33-49(67)35(2)24-25-44(62)39(6)47(65)31-45(34)63/h10-11,15-16,18-19,21-23,34-35,37-49,53-55,61-67,72-74H,12-14,17,20,24-33H2,1-9H3,(H,68,69)(H2,58,59,60)/b11-10+,19-15?,22-18?,23-16?,36-21?. The number of fused-ring (bicyclic) bond motifs is 2. The highest BCUT2D eigenvalue weighted by molar-refractivity contribution is 5.90. The highest BCUT2D eigenvalue weighted by atomic mass is 16.7. The minimum atomic E-state index is -2.48. The molecule has 0 aliphatic carbocycles. The minimum absolute atomic E-state index is 0.0654. The molecule has 13 N–H and O–H groups in total. The summed E-state index contributed by atoms with van der Waals surface area (Å²) in [4.78, 5) is 41.4. The number of unbranched alkanes of at least 4 members (excludes halogenated alkanes) is 2. The van der Waals surface area contributed by atoms with Crippen molar-refractivity contribution in [2.45, 2.75) is 217 Å². The van der Waals surface area contributed by atoms with Crippen LogP contribution >= 0.6 is 0 Å². The van der Waals surface area contributed by atoms with Gasteiger partial charge in [-0.2, -0.15) is 0 Å². The molecule has 19 unspecified atom stereocenters. The summed E-state index contributed by atoms with van der Waals surface area (Å²) >= 11 is 0. The highest BCUT2D eigenvalue weighted by Crippen LogP contribution is 2.36. The van der Waals surface area contributed by atoms with Gasteiger partial charge in [0.1, 0.15) is 24.7 Å². The lowest BCUT2D eigenvalue weighted by molar-refractivity contribution is -0.333.